The summed E-state index contributed by atoms with van der Waals surface area (Å²) in [5.41, 5.74) is 0.476. The highest BCUT2D eigenvalue weighted by Gasteiger charge is 2.24. The van der Waals surface area contributed by atoms with E-state index in [1.807, 2.05) is 35.2 Å². The summed E-state index contributed by atoms with van der Waals surface area (Å²) in [6.07, 6.45) is 1.69. The zero-order valence-corrected chi connectivity index (χ0v) is 17.4. The average Bonchev–Trinajstić information content (AvgIpc) is 2.81. The molecule has 3 rings (SSSR count). The van der Waals surface area contributed by atoms with Crippen molar-refractivity contribution in [1.29, 1.82) is 0 Å². The Morgan fingerprint density at radius 1 is 1.00 bits per heavy atom. The van der Waals surface area contributed by atoms with E-state index in [9.17, 15) is 9.59 Å². The molecular weight excluding hydrogens is 384 g/mol. The predicted molar refractivity (Wildman–Crippen MR) is 113 cm³/mol. The minimum atomic E-state index is -0.177. The summed E-state index contributed by atoms with van der Waals surface area (Å²) in [7, 11) is 3.10. The van der Waals surface area contributed by atoms with Gasteiger partial charge in [-0.05, 0) is 43.0 Å². The number of carbonyl (C=O) groups is 2. The predicted octanol–water partition coefficient (Wildman–Crippen LogP) is 2.75. The molecule has 0 radical (unpaired) electrons. The molecule has 7 heteroatoms. The first kappa shape index (κ1) is 21.5. The number of nitrogens with one attached hydrogen (secondary N) is 1. The number of methoxy groups -OCH3 is 2. The largest absolute Gasteiger partial charge is 0.497 e. The van der Waals surface area contributed by atoms with Crippen molar-refractivity contribution >= 4 is 11.8 Å². The Morgan fingerprint density at radius 2 is 1.73 bits per heavy atom. The summed E-state index contributed by atoms with van der Waals surface area (Å²) in [6, 6.07) is 14.4. The molecule has 2 aromatic carbocycles. The first-order chi connectivity index (χ1) is 14.6. The number of hydrogen-bond donors (Lipinski definition) is 1. The van der Waals surface area contributed by atoms with Gasteiger partial charge in [-0.25, -0.2) is 0 Å². The Balaban J connectivity index is 1.42. The summed E-state index contributed by atoms with van der Waals surface area (Å²) in [5, 5.41) is 2.98. The van der Waals surface area contributed by atoms with Crippen LogP contribution in [0.4, 0.5) is 0 Å². The minimum Gasteiger partial charge on any atom is -0.497 e. The Kier molecular flexibility index (Phi) is 7.54. The summed E-state index contributed by atoms with van der Waals surface area (Å²) < 4.78 is 16.0. The van der Waals surface area contributed by atoms with E-state index < -0.39 is 0 Å². The second kappa shape index (κ2) is 10.5. The van der Waals surface area contributed by atoms with Gasteiger partial charge in [0.1, 0.15) is 17.2 Å². The topological polar surface area (TPSA) is 77.1 Å². The first-order valence-electron chi connectivity index (χ1n) is 10.1. The van der Waals surface area contributed by atoms with Crippen molar-refractivity contribution in [2.45, 2.75) is 12.8 Å². The van der Waals surface area contributed by atoms with Crippen LogP contribution in [0.25, 0.3) is 0 Å². The van der Waals surface area contributed by atoms with Gasteiger partial charge in [0.2, 0.25) is 0 Å². The van der Waals surface area contributed by atoms with Gasteiger partial charge in [0.15, 0.2) is 6.61 Å². The maximum Gasteiger partial charge on any atom is 0.260 e. The molecule has 0 bridgehead atoms. The van der Waals surface area contributed by atoms with E-state index >= 15 is 0 Å². The number of amides is 2. The van der Waals surface area contributed by atoms with Crippen LogP contribution in [0.2, 0.25) is 0 Å². The van der Waals surface area contributed by atoms with E-state index in [-0.39, 0.29) is 18.4 Å². The number of ether oxygens (including phenoxy) is 3. The van der Waals surface area contributed by atoms with Crippen molar-refractivity contribution in [1.82, 2.24) is 10.2 Å². The molecule has 1 fully saturated rings. The average molecular weight is 412 g/mol. The van der Waals surface area contributed by atoms with Crippen LogP contribution in [0.1, 0.15) is 23.2 Å². The van der Waals surface area contributed by atoms with E-state index in [0.29, 0.717) is 48.4 Å². The molecule has 2 aromatic rings. The molecule has 0 atom stereocenters. The molecule has 0 spiro atoms. The van der Waals surface area contributed by atoms with Gasteiger partial charge in [-0.15, -0.1) is 0 Å². The lowest BCUT2D eigenvalue weighted by Gasteiger charge is -2.32. The van der Waals surface area contributed by atoms with Crippen molar-refractivity contribution < 1.29 is 23.8 Å². The highest BCUT2D eigenvalue weighted by molar-refractivity contribution is 5.97. The molecule has 30 heavy (non-hydrogen) atoms. The minimum absolute atomic E-state index is 0.00990. The Morgan fingerprint density at radius 3 is 2.40 bits per heavy atom. The molecule has 160 valence electrons. The van der Waals surface area contributed by atoms with Gasteiger partial charge in [-0.1, -0.05) is 18.2 Å². The smallest absolute Gasteiger partial charge is 0.260 e. The summed E-state index contributed by atoms with van der Waals surface area (Å²) in [6.45, 7) is 1.95. The lowest BCUT2D eigenvalue weighted by molar-refractivity contribution is -0.134. The number of hydrogen-bond acceptors (Lipinski definition) is 5. The second-order valence-electron chi connectivity index (χ2n) is 7.20. The second-order valence-corrected chi connectivity index (χ2v) is 7.20. The maximum atomic E-state index is 12.5. The fourth-order valence-corrected chi connectivity index (χ4v) is 3.46. The number of rotatable bonds is 8. The highest BCUT2D eigenvalue weighted by atomic mass is 16.5. The molecule has 1 aliphatic rings. The van der Waals surface area contributed by atoms with E-state index in [1.165, 1.54) is 7.11 Å². The molecule has 0 saturated carbocycles. The van der Waals surface area contributed by atoms with Crippen LogP contribution in [-0.4, -0.2) is 57.2 Å². The third-order valence-electron chi connectivity index (χ3n) is 5.28. The molecule has 1 saturated heterocycles. The first-order valence-corrected chi connectivity index (χ1v) is 10.1. The Labute approximate surface area is 176 Å². The third-order valence-corrected chi connectivity index (χ3v) is 5.28. The van der Waals surface area contributed by atoms with E-state index in [4.69, 9.17) is 14.2 Å². The zero-order valence-electron chi connectivity index (χ0n) is 17.4. The Hall–Kier alpha value is -3.22. The van der Waals surface area contributed by atoms with Crippen molar-refractivity contribution in [3.05, 3.63) is 54.1 Å². The van der Waals surface area contributed by atoms with Crippen molar-refractivity contribution in [3.63, 3.8) is 0 Å². The summed E-state index contributed by atoms with van der Waals surface area (Å²) in [5.74, 6) is 1.95. The van der Waals surface area contributed by atoms with Gasteiger partial charge in [-0.3, -0.25) is 9.59 Å². The van der Waals surface area contributed by atoms with Crippen molar-refractivity contribution in [2.24, 2.45) is 5.92 Å². The fraction of sp³-hybridized carbons (Fsp3) is 0.391. The normalized spacial score (nSPS) is 14.1. The van der Waals surface area contributed by atoms with Crippen LogP contribution in [-0.2, 0) is 4.79 Å². The van der Waals surface area contributed by atoms with Gasteiger partial charge in [0.25, 0.3) is 11.8 Å². The van der Waals surface area contributed by atoms with Gasteiger partial charge < -0.3 is 24.4 Å². The monoisotopic (exact) mass is 412 g/mol. The molecule has 0 aromatic heterocycles. The molecule has 2 amide bonds. The van der Waals surface area contributed by atoms with Crippen molar-refractivity contribution in [3.8, 4) is 17.2 Å². The lowest BCUT2D eigenvalue weighted by atomic mass is 9.96. The van der Waals surface area contributed by atoms with E-state index in [1.54, 1.807) is 25.3 Å². The van der Waals surface area contributed by atoms with Gasteiger partial charge in [-0.2, -0.15) is 0 Å². The zero-order chi connectivity index (χ0) is 21.3. The number of carbonyl (C=O) groups excluding carboxylic acids is 2. The summed E-state index contributed by atoms with van der Waals surface area (Å²) in [4.78, 5) is 26.7. The Bertz CT molecular complexity index is 848. The van der Waals surface area contributed by atoms with Crippen LogP contribution in [0.5, 0.6) is 17.2 Å². The highest BCUT2D eigenvalue weighted by Crippen LogP contribution is 2.25. The lowest BCUT2D eigenvalue weighted by Crippen LogP contribution is -2.43. The van der Waals surface area contributed by atoms with Crippen LogP contribution in [0, 0.1) is 5.92 Å². The molecule has 1 heterocycles. The molecule has 1 aliphatic heterocycles. The number of piperidine rings is 1. The number of para-hydroxylation sites is 1. The SMILES string of the molecule is COc1ccc(C(=O)NCC2CCN(C(=O)COc3ccccc3)CC2)c(OC)c1. The fourth-order valence-electron chi connectivity index (χ4n) is 3.46. The number of nitrogens with zero attached hydrogens (tertiary/aromatic N) is 1. The van der Waals surface area contributed by atoms with Crippen LogP contribution in [0.15, 0.2) is 48.5 Å². The van der Waals surface area contributed by atoms with E-state index in [0.717, 1.165) is 12.8 Å². The molecule has 1 N–H and O–H groups in total. The number of benzene rings is 2. The number of likely N-dealkylation sites (tertiary alicyclic amines) is 1. The van der Waals surface area contributed by atoms with Gasteiger partial charge >= 0.3 is 0 Å². The maximum absolute atomic E-state index is 12.5. The van der Waals surface area contributed by atoms with E-state index in [2.05, 4.69) is 5.32 Å². The standard InChI is InChI=1S/C23H28N2O5/c1-28-19-8-9-20(21(14-19)29-2)23(27)24-15-17-10-12-25(13-11-17)22(26)16-30-18-6-4-3-5-7-18/h3-9,14,17H,10-13,15-16H2,1-2H3,(H,24,27). The third kappa shape index (κ3) is 5.65. The van der Waals surface area contributed by atoms with Crippen molar-refractivity contribution in [2.75, 3.05) is 40.5 Å². The summed E-state index contributed by atoms with van der Waals surface area (Å²) >= 11 is 0. The van der Waals surface area contributed by atoms with Crippen LogP contribution >= 0.6 is 0 Å². The molecule has 0 unspecified atom stereocenters. The molecular formula is C23H28N2O5. The molecule has 7 nitrogen and oxygen atoms in total. The van der Waals surface area contributed by atoms with Crippen LogP contribution < -0.4 is 19.5 Å². The van der Waals surface area contributed by atoms with Gasteiger partial charge in [0.05, 0.1) is 19.8 Å². The van der Waals surface area contributed by atoms with Gasteiger partial charge in [0, 0.05) is 25.7 Å². The van der Waals surface area contributed by atoms with Crippen LogP contribution in [0.3, 0.4) is 0 Å². The molecule has 0 aliphatic carbocycles. The quantitative estimate of drug-likeness (QED) is 0.722.